The van der Waals surface area contributed by atoms with E-state index in [9.17, 15) is 9.90 Å². The van der Waals surface area contributed by atoms with Crippen LogP contribution < -0.4 is 0 Å². The van der Waals surface area contributed by atoms with E-state index in [0.29, 0.717) is 18.6 Å². The third-order valence-corrected chi connectivity index (χ3v) is 3.05. The Hall–Kier alpha value is -1.81. The molecule has 0 amide bonds. The number of aryl methyl sites for hydroxylation is 1. The van der Waals surface area contributed by atoms with Crippen molar-refractivity contribution >= 4 is 5.97 Å². The molecule has 4 nitrogen and oxygen atoms in total. The lowest BCUT2D eigenvalue weighted by Crippen LogP contribution is -2.35. The smallest absolute Gasteiger partial charge is 0.337 e. The molecule has 1 aliphatic heterocycles. The van der Waals surface area contributed by atoms with Crippen LogP contribution in [0.1, 0.15) is 32.3 Å². The van der Waals surface area contributed by atoms with Crippen molar-refractivity contribution in [3.05, 3.63) is 47.7 Å². The van der Waals surface area contributed by atoms with Gasteiger partial charge in [0.15, 0.2) is 0 Å². The highest BCUT2D eigenvalue weighted by Crippen LogP contribution is 2.25. The molecule has 1 unspecified atom stereocenters. The summed E-state index contributed by atoms with van der Waals surface area (Å²) in [6.07, 6.45) is 2.51. The number of carbonyl (C=O) groups excluding carboxylic acids is 1. The maximum atomic E-state index is 11.4. The van der Waals surface area contributed by atoms with Gasteiger partial charge < -0.3 is 14.6 Å². The molecule has 0 saturated carbocycles. The largest absolute Gasteiger partial charge is 0.457 e. The lowest BCUT2D eigenvalue weighted by molar-refractivity contribution is -0.206. The van der Waals surface area contributed by atoms with Crippen molar-refractivity contribution in [3.63, 3.8) is 0 Å². The molecule has 0 radical (unpaired) electrons. The van der Waals surface area contributed by atoms with Crippen LogP contribution in [0.4, 0.5) is 0 Å². The molecular weight excluding hydrogens is 256 g/mol. The molecule has 2 rings (SSSR count). The Bertz CT molecular complexity index is 490. The first-order valence-corrected chi connectivity index (χ1v) is 6.79. The molecule has 0 saturated heterocycles. The van der Waals surface area contributed by atoms with E-state index in [-0.39, 0.29) is 0 Å². The van der Waals surface area contributed by atoms with Crippen molar-refractivity contribution in [1.29, 1.82) is 0 Å². The Kier molecular flexibility index (Phi) is 4.45. The second-order valence-electron chi connectivity index (χ2n) is 5.42. The molecule has 0 aromatic heterocycles. The molecule has 1 aromatic carbocycles. The van der Waals surface area contributed by atoms with E-state index in [1.807, 2.05) is 30.3 Å². The first-order chi connectivity index (χ1) is 9.44. The number of esters is 1. The summed E-state index contributed by atoms with van der Waals surface area (Å²) in [6.45, 7) is 3.35. The minimum atomic E-state index is -0.958. The van der Waals surface area contributed by atoms with Crippen molar-refractivity contribution in [1.82, 2.24) is 0 Å². The summed E-state index contributed by atoms with van der Waals surface area (Å²) in [5, 5.41) is 10.0. The number of ether oxygens (including phenoxy) is 2. The number of cyclic esters (lactones) is 1. The predicted molar refractivity (Wildman–Crippen MR) is 74.7 cm³/mol. The summed E-state index contributed by atoms with van der Waals surface area (Å²) in [5.74, 6) is -0.904. The van der Waals surface area contributed by atoms with Gasteiger partial charge in [-0.25, -0.2) is 4.79 Å². The Balaban J connectivity index is 1.85. The van der Waals surface area contributed by atoms with Crippen LogP contribution >= 0.6 is 0 Å². The maximum Gasteiger partial charge on any atom is 0.337 e. The van der Waals surface area contributed by atoms with E-state index in [2.05, 4.69) is 0 Å². The Morgan fingerprint density at radius 1 is 1.20 bits per heavy atom. The molecule has 108 valence electrons. The first-order valence-electron chi connectivity index (χ1n) is 6.79. The Labute approximate surface area is 119 Å². The zero-order valence-electron chi connectivity index (χ0n) is 11.8. The average Bonchev–Trinajstić information content (AvgIpc) is 2.35. The van der Waals surface area contributed by atoms with Gasteiger partial charge in [0.2, 0.25) is 5.79 Å². The lowest BCUT2D eigenvalue weighted by Gasteiger charge is -2.31. The first kappa shape index (κ1) is 14.6. The van der Waals surface area contributed by atoms with Crippen molar-refractivity contribution in [2.24, 2.45) is 0 Å². The fraction of sp³-hybridized carbons (Fsp3) is 0.438. The summed E-state index contributed by atoms with van der Waals surface area (Å²) >= 11 is 0. The van der Waals surface area contributed by atoms with Crippen LogP contribution in [0.5, 0.6) is 0 Å². The number of aliphatic hydroxyl groups is 1. The van der Waals surface area contributed by atoms with E-state index in [1.165, 1.54) is 11.6 Å². The number of hydrogen-bond donors (Lipinski definition) is 1. The maximum absolute atomic E-state index is 11.4. The number of hydrogen-bond acceptors (Lipinski definition) is 4. The van der Waals surface area contributed by atoms with Crippen LogP contribution in [0, 0.1) is 0 Å². The normalized spacial score (nSPS) is 18.8. The van der Waals surface area contributed by atoms with Gasteiger partial charge in [0.1, 0.15) is 5.76 Å². The standard InChI is InChI=1S/C16H20O4/c1-16(2)19-14(11-15(18)20-16)10-13(17)9-8-12-6-4-3-5-7-12/h3-7,11,13,17H,8-10H2,1-2H3. The average molecular weight is 276 g/mol. The topological polar surface area (TPSA) is 55.8 Å². The van der Waals surface area contributed by atoms with Crippen molar-refractivity contribution in [2.75, 3.05) is 0 Å². The fourth-order valence-corrected chi connectivity index (χ4v) is 2.18. The summed E-state index contributed by atoms with van der Waals surface area (Å²) in [7, 11) is 0. The molecule has 0 fully saturated rings. The molecular formula is C16H20O4. The number of aliphatic hydroxyl groups excluding tert-OH is 1. The highest BCUT2D eigenvalue weighted by atomic mass is 16.7. The van der Waals surface area contributed by atoms with Crippen LogP contribution in [0.2, 0.25) is 0 Å². The van der Waals surface area contributed by atoms with Crippen LogP contribution in [-0.2, 0) is 20.7 Å². The SMILES string of the molecule is CC1(C)OC(=O)C=C(CC(O)CCc2ccccc2)O1. The van der Waals surface area contributed by atoms with Crippen molar-refractivity contribution in [2.45, 2.75) is 45.0 Å². The third-order valence-electron chi connectivity index (χ3n) is 3.05. The summed E-state index contributed by atoms with van der Waals surface area (Å²) < 4.78 is 10.5. The zero-order chi connectivity index (χ0) is 14.6. The quantitative estimate of drug-likeness (QED) is 0.840. The molecule has 1 aromatic rings. The van der Waals surface area contributed by atoms with Crippen LogP contribution in [-0.4, -0.2) is 23.0 Å². The van der Waals surface area contributed by atoms with Gasteiger partial charge in [-0.1, -0.05) is 30.3 Å². The van der Waals surface area contributed by atoms with E-state index in [1.54, 1.807) is 13.8 Å². The van der Waals surface area contributed by atoms with Crippen LogP contribution in [0.3, 0.4) is 0 Å². The van der Waals surface area contributed by atoms with Gasteiger partial charge in [-0.2, -0.15) is 0 Å². The Morgan fingerprint density at radius 3 is 2.55 bits per heavy atom. The number of benzene rings is 1. The molecule has 0 bridgehead atoms. The summed E-state index contributed by atoms with van der Waals surface area (Å²) in [4.78, 5) is 11.4. The van der Waals surface area contributed by atoms with Crippen LogP contribution in [0.15, 0.2) is 42.2 Å². The van der Waals surface area contributed by atoms with Gasteiger partial charge in [-0.15, -0.1) is 0 Å². The van der Waals surface area contributed by atoms with Gasteiger partial charge in [0.05, 0.1) is 12.2 Å². The van der Waals surface area contributed by atoms with E-state index >= 15 is 0 Å². The monoisotopic (exact) mass is 276 g/mol. The minimum Gasteiger partial charge on any atom is -0.457 e. The highest BCUT2D eigenvalue weighted by molar-refractivity contribution is 5.83. The third kappa shape index (κ3) is 4.38. The van der Waals surface area contributed by atoms with E-state index < -0.39 is 17.9 Å². The van der Waals surface area contributed by atoms with Gasteiger partial charge in [-0.3, -0.25) is 0 Å². The van der Waals surface area contributed by atoms with Gasteiger partial charge in [0, 0.05) is 20.3 Å². The van der Waals surface area contributed by atoms with Crippen molar-refractivity contribution < 1.29 is 19.4 Å². The van der Waals surface area contributed by atoms with Gasteiger partial charge in [0.25, 0.3) is 0 Å². The molecule has 1 N–H and O–H groups in total. The molecule has 1 atom stereocenters. The molecule has 0 spiro atoms. The molecule has 1 aliphatic rings. The second kappa shape index (κ2) is 6.09. The molecule has 0 aliphatic carbocycles. The predicted octanol–water partition coefficient (Wildman–Crippen LogP) is 2.56. The lowest BCUT2D eigenvalue weighted by atomic mass is 10.0. The van der Waals surface area contributed by atoms with Crippen LogP contribution in [0.25, 0.3) is 0 Å². The number of rotatable bonds is 5. The molecule has 4 heteroatoms. The molecule has 1 heterocycles. The Morgan fingerprint density at radius 2 is 1.90 bits per heavy atom. The van der Waals surface area contributed by atoms with Gasteiger partial charge >= 0.3 is 5.97 Å². The van der Waals surface area contributed by atoms with E-state index in [0.717, 1.165) is 6.42 Å². The minimum absolute atomic E-state index is 0.325. The fourth-order valence-electron chi connectivity index (χ4n) is 2.18. The second-order valence-corrected chi connectivity index (χ2v) is 5.42. The van der Waals surface area contributed by atoms with Crippen molar-refractivity contribution in [3.8, 4) is 0 Å². The summed E-state index contributed by atoms with van der Waals surface area (Å²) in [6, 6.07) is 9.99. The van der Waals surface area contributed by atoms with E-state index in [4.69, 9.17) is 9.47 Å². The highest BCUT2D eigenvalue weighted by Gasteiger charge is 2.30. The summed E-state index contributed by atoms with van der Waals surface area (Å²) in [5.41, 5.74) is 1.19. The number of carbonyl (C=O) groups is 1. The van der Waals surface area contributed by atoms with Gasteiger partial charge in [-0.05, 0) is 18.4 Å². The zero-order valence-corrected chi connectivity index (χ0v) is 11.8. The molecule has 20 heavy (non-hydrogen) atoms.